The molecule has 0 aromatic carbocycles. The van der Waals surface area contributed by atoms with Crippen LogP contribution >= 0.6 is 0 Å². The van der Waals surface area contributed by atoms with Crippen LogP contribution in [0.5, 0.6) is 0 Å². The Hall–Kier alpha value is -1.75. The summed E-state index contributed by atoms with van der Waals surface area (Å²) >= 11 is 0. The van der Waals surface area contributed by atoms with Crippen molar-refractivity contribution in [1.82, 2.24) is 24.8 Å². The van der Waals surface area contributed by atoms with Crippen LogP contribution in [0.25, 0.3) is 11.6 Å². The van der Waals surface area contributed by atoms with Crippen LogP contribution in [0.3, 0.4) is 0 Å². The lowest BCUT2D eigenvalue weighted by atomic mass is 10.0. The molecule has 1 aliphatic rings. The number of imidazole rings is 1. The van der Waals surface area contributed by atoms with E-state index in [-0.39, 0.29) is 0 Å². The predicted octanol–water partition coefficient (Wildman–Crippen LogP) is 1.09. The molecule has 0 unspecified atom stereocenters. The molecule has 0 aliphatic carbocycles. The molecule has 0 spiro atoms. The Kier molecular flexibility index (Phi) is 2.83. The summed E-state index contributed by atoms with van der Waals surface area (Å²) < 4.78 is 1.96. The predicted molar refractivity (Wildman–Crippen MR) is 69.0 cm³/mol. The van der Waals surface area contributed by atoms with Crippen LogP contribution in [0, 0.1) is 0 Å². The van der Waals surface area contributed by atoms with Crippen molar-refractivity contribution < 1.29 is 0 Å². The fourth-order valence-electron chi connectivity index (χ4n) is 2.39. The van der Waals surface area contributed by atoms with Crippen LogP contribution in [-0.4, -0.2) is 26.1 Å². The van der Waals surface area contributed by atoms with E-state index in [9.17, 15) is 0 Å². The van der Waals surface area contributed by atoms with Gasteiger partial charge in [0.1, 0.15) is 0 Å². The number of aromatic nitrogens is 4. The molecular formula is C13H17N5. The summed E-state index contributed by atoms with van der Waals surface area (Å²) in [6.07, 6.45) is 5.61. The molecule has 94 valence electrons. The Morgan fingerprint density at radius 2 is 2.28 bits per heavy atom. The fraction of sp³-hybridized carbons (Fsp3) is 0.462. The summed E-state index contributed by atoms with van der Waals surface area (Å²) in [6.45, 7) is 4.02. The van der Waals surface area contributed by atoms with Gasteiger partial charge >= 0.3 is 0 Å². The Labute approximate surface area is 106 Å². The maximum Gasteiger partial charge on any atom is 0.196 e. The maximum atomic E-state index is 4.69. The van der Waals surface area contributed by atoms with Gasteiger partial charge in [-0.2, -0.15) is 0 Å². The van der Waals surface area contributed by atoms with Gasteiger partial charge < -0.3 is 9.88 Å². The van der Waals surface area contributed by atoms with E-state index in [1.807, 2.05) is 17.8 Å². The Balaban J connectivity index is 2.14. The first-order chi connectivity index (χ1) is 8.79. The molecule has 5 heteroatoms. The van der Waals surface area contributed by atoms with Gasteiger partial charge in [0.25, 0.3) is 0 Å². The minimum absolute atomic E-state index is 0.750. The second-order valence-corrected chi connectivity index (χ2v) is 4.56. The molecule has 0 saturated heterocycles. The molecule has 0 bridgehead atoms. The summed E-state index contributed by atoms with van der Waals surface area (Å²) in [5.74, 6) is 1.59. The third-order valence-corrected chi connectivity index (χ3v) is 3.37. The quantitative estimate of drug-likeness (QED) is 0.857. The third kappa shape index (κ3) is 1.80. The van der Waals surface area contributed by atoms with Gasteiger partial charge in [0, 0.05) is 50.2 Å². The van der Waals surface area contributed by atoms with Crippen molar-refractivity contribution >= 4 is 0 Å². The minimum atomic E-state index is 0.750. The zero-order valence-corrected chi connectivity index (χ0v) is 10.8. The largest absolute Gasteiger partial charge is 0.331 e. The highest BCUT2D eigenvalue weighted by molar-refractivity contribution is 5.46. The van der Waals surface area contributed by atoms with Gasteiger partial charge in [-0.1, -0.05) is 6.92 Å². The SMILES string of the molecule is CCc1nc(-c2nccn2C)nc2c1CNCC2. The van der Waals surface area contributed by atoms with Gasteiger partial charge in [0.05, 0.1) is 5.69 Å². The smallest absolute Gasteiger partial charge is 0.196 e. The van der Waals surface area contributed by atoms with Crippen molar-refractivity contribution in [2.45, 2.75) is 26.3 Å². The summed E-state index contributed by atoms with van der Waals surface area (Å²) in [4.78, 5) is 13.7. The van der Waals surface area contributed by atoms with E-state index < -0.39 is 0 Å². The molecule has 3 rings (SSSR count). The molecule has 0 amide bonds. The van der Waals surface area contributed by atoms with Crippen molar-refractivity contribution in [3.63, 3.8) is 0 Å². The Bertz CT molecular complexity index is 556. The van der Waals surface area contributed by atoms with E-state index in [1.165, 1.54) is 11.3 Å². The number of hydrogen-bond acceptors (Lipinski definition) is 4. The highest BCUT2D eigenvalue weighted by atomic mass is 15.1. The number of rotatable bonds is 2. The van der Waals surface area contributed by atoms with Crippen molar-refractivity contribution in [1.29, 1.82) is 0 Å². The first kappa shape index (κ1) is 11.3. The van der Waals surface area contributed by atoms with Crippen molar-refractivity contribution in [3.8, 4) is 11.6 Å². The monoisotopic (exact) mass is 243 g/mol. The average molecular weight is 243 g/mol. The second kappa shape index (κ2) is 4.49. The lowest BCUT2D eigenvalue weighted by Crippen LogP contribution is -2.26. The molecule has 0 atom stereocenters. The van der Waals surface area contributed by atoms with E-state index in [2.05, 4.69) is 22.2 Å². The van der Waals surface area contributed by atoms with E-state index in [4.69, 9.17) is 4.98 Å². The molecule has 0 saturated carbocycles. The Morgan fingerprint density at radius 1 is 1.39 bits per heavy atom. The summed E-state index contributed by atoms with van der Waals surface area (Å²) in [6, 6.07) is 0. The summed E-state index contributed by atoms with van der Waals surface area (Å²) in [7, 11) is 1.97. The summed E-state index contributed by atoms with van der Waals surface area (Å²) in [5, 5.41) is 3.38. The molecule has 5 nitrogen and oxygen atoms in total. The average Bonchev–Trinajstić information content (AvgIpc) is 2.83. The minimum Gasteiger partial charge on any atom is -0.331 e. The first-order valence-electron chi connectivity index (χ1n) is 6.36. The lowest BCUT2D eigenvalue weighted by Gasteiger charge is -2.19. The zero-order chi connectivity index (χ0) is 12.5. The van der Waals surface area contributed by atoms with Gasteiger partial charge in [-0.15, -0.1) is 0 Å². The molecule has 0 radical (unpaired) electrons. The van der Waals surface area contributed by atoms with Gasteiger partial charge in [-0.3, -0.25) is 0 Å². The van der Waals surface area contributed by atoms with Gasteiger partial charge in [0.2, 0.25) is 0 Å². The molecular weight excluding hydrogens is 226 g/mol. The van der Waals surface area contributed by atoms with E-state index in [0.717, 1.165) is 43.3 Å². The topological polar surface area (TPSA) is 55.6 Å². The molecule has 1 N–H and O–H groups in total. The van der Waals surface area contributed by atoms with Gasteiger partial charge in [-0.25, -0.2) is 15.0 Å². The molecule has 0 fully saturated rings. The second-order valence-electron chi connectivity index (χ2n) is 4.56. The summed E-state index contributed by atoms with van der Waals surface area (Å²) in [5.41, 5.74) is 3.60. The van der Waals surface area contributed by atoms with Gasteiger partial charge in [0.15, 0.2) is 11.6 Å². The van der Waals surface area contributed by atoms with Crippen LogP contribution in [0.15, 0.2) is 12.4 Å². The highest BCUT2D eigenvalue weighted by Gasteiger charge is 2.18. The normalized spacial score (nSPS) is 14.6. The van der Waals surface area contributed by atoms with Crippen LogP contribution in [0.4, 0.5) is 0 Å². The van der Waals surface area contributed by atoms with E-state index in [1.54, 1.807) is 6.20 Å². The number of fused-ring (bicyclic) bond motifs is 1. The molecule has 3 heterocycles. The van der Waals surface area contributed by atoms with Crippen LogP contribution in [0.1, 0.15) is 23.9 Å². The third-order valence-electron chi connectivity index (χ3n) is 3.37. The van der Waals surface area contributed by atoms with Crippen LogP contribution in [-0.2, 0) is 26.4 Å². The van der Waals surface area contributed by atoms with Crippen LogP contribution in [0.2, 0.25) is 0 Å². The standard InChI is InChI=1S/C13H17N5/c1-3-10-9-8-14-5-4-11(9)17-12(16-10)13-15-6-7-18(13)2/h6-7,14H,3-5,8H2,1-2H3. The van der Waals surface area contributed by atoms with E-state index in [0.29, 0.717) is 0 Å². The number of nitrogens with one attached hydrogen (secondary N) is 1. The van der Waals surface area contributed by atoms with Gasteiger partial charge in [-0.05, 0) is 6.42 Å². The first-order valence-corrected chi connectivity index (χ1v) is 6.36. The van der Waals surface area contributed by atoms with Crippen molar-refractivity contribution in [2.24, 2.45) is 7.05 Å². The molecule has 1 aliphatic heterocycles. The van der Waals surface area contributed by atoms with E-state index >= 15 is 0 Å². The number of aryl methyl sites for hydroxylation is 2. The molecule has 2 aromatic rings. The molecule has 2 aromatic heterocycles. The van der Waals surface area contributed by atoms with Crippen LogP contribution < -0.4 is 5.32 Å². The highest BCUT2D eigenvalue weighted by Crippen LogP contribution is 2.20. The zero-order valence-electron chi connectivity index (χ0n) is 10.8. The van der Waals surface area contributed by atoms with Crippen molar-refractivity contribution in [2.75, 3.05) is 6.54 Å². The van der Waals surface area contributed by atoms with Crippen molar-refractivity contribution in [3.05, 3.63) is 29.3 Å². The molecule has 18 heavy (non-hydrogen) atoms. The maximum absolute atomic E-state index is 4.69. The fourth-order valence-corrected chi connectivity index (χ4v) is 2.39. The lowest BCUT2D eigenvalue weighted by molar-refractivity contribution is 0.617. The Morgan fingerprint density at radius 3 is 3.00 bits per heavy atom. The number of hydrogen-bond donors (Lipinski definition) is 1. The number of nitrogens with zero attached hydrogens (tertiary/aromatic N) is 4.